The Morgan fingerprint density at radius 2 is 2.10 bits per heavy atom. The molecule has 0 radical (unpaired) electrons. The molecular weight excluding hydrogens is 136 g/mol. The highest BCUT2D eigenvalue weighted by Gasteiger charge is 2.06. The van der Waals surface area contributed by atoms with Crippen LogP contribution in [-0.2, 0) is 0 Å². The predicted octanol–water partition coefficient (Wildman–Crippen LogP) is -0.601. The monoisotopic (exact) mass is 146 g/mol. The minimum absolute atomic E-state index is 0.521. The van der Waals surface area contributed by atoms with E-state index in [1.807, 2.05) is 0 Å². The van der Waals surface area contributed by atoms with Gasteiger partial charge in [0.15, 0.2) is 0 Å². The third-order valence-electron chi connectivity index (χ3n) is 0.851. The van der Waals surface area contributed by atoms with Crippen molar-refractivity contribution in [2.75, 3.05) is 13.5 Å². The average Bonchev–Trinajstić information content (AvgIpc) is 1.91. The molecule has 0 aliphatic heterocycles. The van der Waals surface area contributed by atoms with E-state index >= 15 is 0 Å². The minimum Gasteiger partial charge on any atom is -0.376 e. The molecule has 0 aromatic heterocycles. The Morgan fingerprint density at radius 1 is 1.60 bits per heavy atom. The number of hydrogen-bond donors (Lipinski definition) is 2. The van der Waals surface area contributed by atoms with Gasteiger partial charge in [-0.1, -0.05) is 0 Å². The summed E-state index contributed by atoms with van der Waals surface area (Å²) in [6, 6.07) is -0.646. The van der Waals surface area contributed by atoms with Crippen molar-refractivity contribution in [3.05, 3.63) is 0 Å². The van der Waals surface area contributed by atoms with Crippen LogP contribution >= 0.6 is 0 Å². The van der Waals surface area contributed by atoms with Gasteiger partial charge in [0.1, 0.15) is 13.5 Å². The quantitative estimate of drug-likeness (QED) is 0.403. The van der Waals surface area contributed by atoms with E-state index in [-0.39, 0.29) is 0 Å². The van der Waals surface area contributed by atoms with Gasteiger partial charge in [0.25, 0.3) is 0 Å². The van der Waals surface area contributed by atoms with Crippen molar-refractivity contribution < 1.29 is 15.0 Å². The van der Waals surface area contributed by atoms with Gasteiger partial charge in [0, 0.05) is 6.21 Å². The number of aliphatic hydroxyl groups is 2. The van der Waals surface area contributed by atoms with Crippen molar-refractivity contribution in [2.45, 2.75) is 6.92 Å². The highest BCUT2D eigenvalue weighted by molar-refractivity contribution is 5.82. The van der Waals surface area contributed by atoms with E-state index in [9.17, 15) is 4.79 Å². The molecule has 0 saturated carbocycles. The van der Waals surface area contributed by atoms with E-state index in [0.717, 1.165) is 4.90 Å². The lowest BCUT2D eigenvalue weighted by Crippen LogP contribution is -2.30. The zero-order chi connectivity index (χ0) is 7.98. The molecule has 2 amide bonds. The molecule has 0 aliphatic carbocycles. The molecule has 0 aromatic rings. The fourth-order valence-corrected chi connectivity index (χ4v) is 0.358. The number of carbonyl (C=O) groups is 1. The Labute approximate surface area is 58.6 Å². The van der Waals surface area contributed by atoms with Crippen molar-refractivity contribution in [3.63, 3.8) is 0 Å². The lowest BCUT2D eigenvalue weighted by atomic mass is 10.7. The Morgan fingerprint density at radius 3 is 2.40 bits per heavy atom. The summed E-state index contributed by atoms with van der Waals surface area (Å²) in [5.74, 6) is 0. The average molecular weight is 146 g/mol. The first-order valence-electron chi connectivity index (χ1n) is 2.75. The fourth-order valence-electron chi connectivity index (χ4n) is 0.358. The second-order valence-electron chi connectivity index (χ2n) is 1.49. The third kappa shape index (κ3) is 2.56. The normalized spacial score (nSPS) is 10.3. The summed E-state index contributed by atoms with van der Waals surface area (Å²) in [4.78, 5) is 14.7. The van der Waals surface area contributed by atoms with Crippen LogP contribution in [0.3, 0.4) is 0 Å². The van der Waals surface area contributed by atoms with Crippen LogP contribution in [0.4, 0.5) is 4.79 Å². The summed E-state index contributed by atoms with van der Waals surface area (Å²) in [7, 11) is 0. The summed E-state index contributed by atoms with van der Waals surface area (Å²) < 4.78 is 0. The van der Waals surface area contributed by atoms with Gasteiger partial charge in [-0.3, -0.25) is 4.90 Å². The number of aliphatic imine (C=N–C) groups is 1. The number of aliphatic hydroxyl groups excluding tert-OH is 2. The van der Waals surface area contributed by atoms with Crippen LogP contribution in [-0.4, -0.2) is 40.8 Å². The number of hydrogen-bond acceptors (Lipinski definition) is 3. The Hall–Kier alpha value is -0.940. The molecule has 0 atom stereocenters. The second kappa shape index (κ2) is 4.89. The van der Waals surface area contributed by atoms with Crippen molar-refractivity contribution in [3.8, 4) is 0 Å². The number of rotatable bonds is 2. The number of urea groups is 1. The van der Waals surface area contributed by atoms with Crippen molar-refractivity contribution in [1.29, 1.82) is 0 Å². The maximum absolute atomic E-state index is 10.6. The minimum atomic E-state index is -0.646. The van der Waals surface area contributed by atoms with Gasteiger partial charge < -0.3 is 10.2 Å². The molecule has 5 heteroatoms. The van der Waals surface area contributed by atoms with Crippen molar-refractivity contribution >= 4 is 12.2 Å². The largest absolute Gasteiger partial charge is 0.376 e. The predicted molar refractivity (Wildman–Crippen MR) is 35.6 cm³/mol. The molecule has 0 unspecified atom stereocenters. The van der Waals surface area contributed by atoms with Gasteiger partial charge in [-0.15, -0.1) is 0 Å². The Bertz CT molecular complexity index is 131. The highest BCUT2D eigenvalue weighted by Crippen LogP contribution is 1.87. The van der Waals surface area contributed by atoms with Crippen LogP contribution in [0, 0.1) is 0 Å². The summed E-state index contributed by atoms with van der Waals surface area (Å²) in [6.07, 6.45) is 1.29. The van der Waals surface area contributed by atoms with E-state index < -0.39 is 19.5 Å². The van der Waals surface area contributed by atoms with E-state index in [1.54, 1.807) is 6.92 Å². The lowest BCUT2D eigenvalue weighted by Gasteiger charge is -2.11. The molecule has 5 nitrogen and oxygen atoms in total. The standard InChI is InChI=1S/C5H10N2O3/c1-2-6-5(10)7(3-8)4-9/h2,8-9H,3-4H2,1H3. The molecule has 0 heterocycles. The zero-order valence-corrected chi connectivity index (χ0v) is 5.69. The maximum Gasteiger partial charge on any atom is 0.346 e. The van der Waals surface area contributed by atoms with Crippen LogP contribution in [0.1, 0.15) is 6.92 Å². The molecule has 0 aliphatic rings. The topological polar surface area (TPSA) is 73.1 Å². The van der Waals surface area contributed by atoms with Gasteiger partial charge in [-0.05, 0) is 6.92 Å². The summed E-state index contributed by atoms with van der Waals surface area (Å²) in [5, 5.41) is 16.8. The summed E-state index contributed by atoms with van der Waals surface area (Å²) in [5.41, 5.74) is 0. The zero-order valence-electron chi connectivity index (χ0n) is 5.69. The first kappa shape index (κ1) is 9.06. The molecule has 10 heavy (non-hydrogen) atoms. The van der Waals surface area contributed by atoms with Gasteiger partial charge in [-0.25, -0.2) is 9.79 Å². The van der Waals surface area contributed by atoms with Crippen LogP contribution in [0.5, 0.6) is 0 Å². The van der Waals surface area contributed by atoms with Gasteiger partial charge in [0.05, 0.1) is 0 Å². The van der Waals surface area contributed by atoms with Crippen molar-refractivity contribution in [2.24, 2.45) is 4.99 Å². The highest BCUT2D eigenvalue weighted by atomic mass is 16.3. The SMILES string of the molecule is CC=NC(=O)N(CO)CO. The molecule has 0 bridgehead atoms. The molecule has 0 fully saturated rings. The summed E-state index contributed by atoms with van der Waals surface area (Å²) in [6.45, 7) is 0.532. The first-order chi connectivity index (χ1) is 4.76. The molecular formula is C5H10N2O3. The first-order valence-corrected chi connectivity index (χ1v) is 2.75. The number of carbonyl (C=O) groups excluding carboxylic acids is 1. The van der Waals surface area contributed by atoms with Gasteiger partial charge in [0.2, 0.25) is 0 Å². The molecule has 0 spiro atoms. The van der Waals surface area contributed by atoms with Crippen LogP contribution in [0.25, 0.3) is 0 Å². The van der Waals surface area contributed by atoms with Crippen molar-refractivity contribution in [1.82, 2.24) is 4.90 Å². The Balaban J connectivity index is 3.89. The van der Waals surface area contributed by atoms with E-state index in [0.29, 0.717) is 0 Å². The smallest absolute Gasteiger partial charge is 0.346 e. The van der Waals surface area contributed by atoms with Crippen LogP contribution in [0.15, 0.2) is 4.99 Å². The maximum atomic E-state index is 10.6. The molecule has 58 valence electrons. The van der Waals surface area contributed by atoms with E-state index in [1.165, 1.54) is 6.21 Å². The lowest BCUT2D eigenvalue weighted by molar-refractivity contribution is 0.0611. The van der Waals surface area contributed by atoms with Gasteiger partial charge in [-0.2, -0.15) is 0 Å². The number of amides is 2. The van der Waals surface area contributed by atoms with Gasteiger partial charge >= 0.3 is 6.03 Å². The third-order valence-corrected chi connectivity index (χ3v) is 0.851. The van der Waals surface area contributed by atoms with E-state index in [4.69, 9.17) is 10.2 Å². The van der Waals surface area contributed by atoms with Crippen LogP contribution in [0.2, 0.25) is 0 Å². The molecule has 0 saturated heterocycles. The fraction of sp³-hybridized carbons (Fsp3) is 0.600. The summed E-state index contributed by atoms with van der Waals surface area (Å²) >= 11 is 0. The second-order valence-corrected chi connectivity index (χ2v) is 1.49. The molecule has 0 aromatic carbocycles. The molecule has 2 N–H and O–H groups in total. The van der Waals surface area contributed by atoms with E-state index in [2.05, 4.69) is 4.99 Å². The number of nitrogens with zero attached hydrogens (tertiary/aromatic N) is 2. The molecule has 0 rings (SSSR count). The Kier molecular flexibility index (Phi) is 4.43. The van der Waals surface area contributed by atoms with Crippen LogP contribution < -0.4 is 0 Å².